The second kappa shape index (κ2) is 8.08. The molecule has 0 unspecified atom stereocenters. The van der Waals surface area contributed by atoms with Gasteiger partial charge >= 0.3 is 0 Å². The summed E-state index contributed by atoms with van der Waals surface area (Å²) < 4.78 is 0. The predicted molar refractivity (Wildman–Crippen MR) is 83.9 cm³/mol. The SMILES string of the molecule is CCC(CC)N(Cc1ccc(Cl)nc1Cl)CC(C)C. The van der Waals surface area contributed by atoms with E-state index in [2.05, 4.69) is 37.6 Å². The first-order valence-corrected chi connectivity index (χ1v) is 7.78. The van der Waals surface area contributed by atoms with Crippen molar-refractivity contribution in [3.05, 3.63) is 28.0 Å². The summed E-state index contributed by atoms with van der Waals surface area (Å²) in [5, 5.41) is 0.971. The van der Waals surface area contributed by atoms with Crippen LogP contribution in [0.15, 0.2) is 12.1 Å². The molecule has 0 saturated carbocycles. The molecule has 1 rings (SSSR count). The van der Waals surface area contributed by atoms with Gasteiger partial charge in [0.2, 0.25) is 0 Å². The van der Waals surface area contributed by atoms with E-state index in [-0.39, 0.29) is 0 Å². The van der Waals surface area contributed by atoms with Crippen molar-refractivity contribution in [3.63, 3.8) is 0 Å². The van der Waals surface area contributed by atoms with Crippen LogP contribution in [0, 0.1) is 5.92 Å². The second-order valence-corrected chi connectivity index (χ2v) is 6.12. The van der Waals surface area contributed by atoms with E-state index in [4.69, 9.17) is 23.2 Å². The van der Waals surface area contributed by atoms with Crippen LogP contribution in [0.5, 0.6) is 0 Å². The molecule has 1 aromatic rings. The highest BCUT2D eigenvalue weighted by molar-refractivity contribution is 6.32. The highest BCUT2D eigenvalue weighted by Gasteiger charge is 2.18. The monoisotopic (exact) mass is 302 g/mol. The Labute approximate surface area is 127 Å². The summed E-state index contributed by atoms with van der Waals surface area (Å²) in [4.78, 5) is 6.62. The minimum atomic E-state index is 0.451. The molecular weight excluding hydrogens is 279 g/mol. The van der Waals surface area contributed by atoms with Crippen LogP contribution in [0.3, 0.4) is 0 Å². The van der Waals surface area contributed by atoms with Crippen LogP contribution in [0.2, 0.25) is 10.3 Å². The molecule has 0 saturated heterocycles. The van der Waals surface area contributed by atoms with Crippen molar-refractivity contribution in [1.82, 2.24) is 9.88 Å². The zero-order chi connectivity index (χ0) is 14.4. The maximum atomic E-state index is 6.18. The predicted octanol–water partition coefficient (Wildman–Crippen LogP) is 5.04. The molecule has 0 radical (unpaired) electrons. The Bertz CT molecular complexity index is 390. The zero-order valence-electron chi connectivity index (χ0n) is 12.3. The van der Waals surface area contributed by atoms with Crippen molar-refractivity contribution in [2.24, 2.45) is 5.92 Å². The fourth-order valence-electron chi connectivity index (χ4n) is 2.39. The number of aromatic nitrogens is 1. The molecule has 0 spiro atoms. The van der Waals surface area contributed by atoms with E-state index in [0.29, 0.717) is 22.3 Å². The summed E-state index contributed by atoms with van der Waals surface area (Å²) in [5.41, 5.74) is 1.05. The van der Waals surface area contributed by atoms with Crippen LogP contribution >= 0.6 is 23.2 Å². The Balaban J connectivity index is 2.86. The van der Waals surface area contributed by atoms with Gasteiger partial charge in [0.25, 0.3) is 0 Å². The molecule has 0 aliphatic rings. The first kappa shape index (κ1) is 16.7. The summed E-state index contributed by atoms with van der Waals surface area (Å²) in [6.45, 7) is 10.9. The summed E-state index contributed by atoms with van der Waals surface area (Å²) in [6.07, 6.45) is 2.31. The molecule has 0 aromatic carbocycles. The van der Waals surface area contributed by atoms with Crippen LogP contribution in [0.25, 0.3) is 0 Å². The Hall–Kier alpha value is -0.310. The van der Waals surface area contributed by atoms with Crippen LogP contribution < -0.4 is 0 Å². The number of hydrogen-bond donors (Lipinski definition) is 0. The third kappa shape index (κ3) is 5.29. The Kier molecular flexibility index (Phi) is 7.12. The van der Waals surface area contributed by atoms with Gasteiger partial charge in [0.1, 0.15) is 10.3 Å². The van der Waals surface area contributed by atoms with Gasteiger partial charge in [0.05, 0.1) is 0 Å². The van der Waals surface area contributed by atoms with Gasteiger partial charge in [-0.05, 0) is 24.8 Å². The first-order chi connectivity index (χ1) is 8.97. The van der Waals surface area contributed by atoms with Crippen LogP contribution in [0.4, 0.5) is 0 Å². The fourth-order valence-corrected chi connectivity index (χ4v) is 2.80. The Morgan fingerprint density at radius 2 is 1.79 bits per heavy atom. The van der Waals surface area contributed by atoms with Crippen molar-refractivity contribution < 1.29 is 0 Å². The maximum absolute atomic E-state index is 6.18. The van der Waals surface area contributed by atoms with Crippen molar-refractivity contribution in [3.8, 4) is 0 Å². The van der Waals surface area contributed by atoms with E-state index >= 15 is 0 Å². The van der Waals surface area contributed by atoms with E-state index in [0.717, 1.165) is 31.5 Å². The van der Waals surface area contributed by atoms with Gasteiger partial charge in [-0.25, -0.2) is 4.98 Å². The average Bonchev–Trinajstić information content (AvgIpc) is 2.33. The van der Waals surface area contributed by atoms with Crippen LogP contribution in [-0.2, 0) is 6.54 Å². The van der Waals surface area contributed by atoms with Gasteiger partial charge in [-0.15, -0.1) is 0 Å². The first-order valence-electron chi connectivity index (χ1n) is 7.02. The average molecular weight is 303 g/mol. The molecule has 108 valence electrons. The number of rotatable bonds is 7. The molecule has 0 fully saturated rings. The zero-order valence-corrected chi connectivity index (χ0v) is 13.8. The molecule has 0 atom stereocenters. The molecule has 4 heteroatoms. The van der Waals surface area contributed by atoms with Gasteiger partial charge in [-0.1, -0.05) is 57.0 Å². The minimum Gasteiger partial charge on any atom is -0.296 e. The highest BCUT2D eigenvalue weighted by Crippen LogP contribution is 2.21. The molecule has 0 aliphatic carbocycles. The summed E-state index contributed by atoms with van der Waals surface area (Å²) >= 11 is 12.0. The molecule has 2 nitrogen and oxygen atoms in total. The summed E-state index contributed by atoms with van der Waals surface area (Å²) in [7, 11) is 0. The van der Waals surface area contributed by atoms with Crippen LogP contribution in [-0.4, -0.2) is 22.5 Å². The fraction of sp³-hybridized carbons (Fsp3) is 0.667. The molecule has 0 aliphatic heterocycles. The quantitative estimate of drug-likeness (QED) is 0.656. The normalized spacial score (nSPS) is 11.8. The Morgan fingerprint density at radius 1 is 1.16 bits per heavy atom. The van der Waals surface area contributed by atoms with Gasteiger partial charge in [-0.3, -0.25) is 4.90 Å². The topological polar surface area (TPSA) is 16.1 Å². The van der Waals surface area contributed by atoms with Crippen LogP contribution in [0.1, 0.15) is 46.1 Å². The van der Waals surface area contributed by atoms with Gasteiger partial charge in [0, 0.05) is 24.7 Å². The molecule has 0 N–H and O–H groups in total. The highest BCUT2D eigenvalue weighted by atomic mass is 35.5. The third-order valence-electron chi connectivity index (χ3n) is 3.32. The molecule has 1 heterocycles. The summed E-state index contributed by atoms with van der Waals surface area (Å²) in [6, 6.07) is 4.38. The lowest BCUT2D eigenvalue weighted by Crippen LogP contribution is -2.36. The molecule has 0 bridgehead atoms. The largest absolute Gasteiger partial charge is 0.296 e. The van der Waals surface area contributed by atoms with Crippen molar-refractivity contribution >= 4 is 23.2 Å². The number of hydrogen-bond acceptors (Lipinski definition) is 2. The van der Waals surface area contributed by atoms with E-state index in [1.54, 1.807) is 0 Å². The second-order valence-electron chi connectivity index (χ2n) is 5.38. The number of nitrogens with zero attached hydrogens (tertiary/aromatic N) is 2. The van der Waals surface area contributed by atoms with E-state index in [1.165, 1.54) is 0 Å². The Morgan fingerprint density at radius 3 is 2.26 bits per heavy atom. The molecular formula is C15H24Cl2N2. The minimum absolute atomic E-state index is 0.451. The standard InChI is InChI=1S/C15H24Cl2N2/c1-5-13(6-2)19(9-11(3)4)10-12-7-8-14(16)18-15(12)17/h7-8,11,13H,5-6,9-10H2,1-4H3. The van der Waals surface area contributed by atoms with Gasteiger partial charge in [0.15, 0.2) is 0 Å². The van der Waals surface area contributed by atoms with E-state index in [9.17, 15) is 0 Å². The smallest absolute Gasteiger partial charge is 0.135 e. The lowest BCUT2D eigenvalue weighted by atomic mass is 10.1. The van der Waals surface area contributed by atoms with Crippen molar-refractivity contribution in [2.75, 3.05) is 6.54 Å². The van der Waals surface area contributed by atoms with E-state index in [1.807, 2.05) is 12.1 Å². The third-order valence-corrected chi connectivity index (χ3v) is 3.86. The lowest BCUT2D eigenvalue weighted by molar-refractivity contribution is 0.157. The maximum Gasteiger partial charge on any atom is 0.135 e. The van der Waals surface area contributed by atoms with Crippen molar-refractivity contribution in [2.45, 2.75) is 53.1 Å². The molecule has 19 heavy (non-hydrogen) atoms. The van der Waals surface area contributed by atoms with E-state index < -0.39 is 0 Å². The number of halogens is 2. The van der Waals surface area contributed by atoms with Gasteiger partial charge < -0.3 is 0 Å². The summed E-state index contributed by atoms with van der Waals surface area (Å²) in [5.74, 6) is 0.639. The number of pyridine rings is 1. The molecule has 1 aromatic heterocycles. The van der Waals surface area contributed by atoms with Gasteiger partial charge in [-0.2, -0.15) is 0 Å². The molecule has 0 amide bonds. The van der Waals surface area contributed by atoms with Crippen molar-refractivity contribution in [1.29, 1.82) is 0 Å². The lowest BCUT2D eigenvalue weighted by Gasteiger charge is -2.32.